The van der Waals surface area contributed by atoms with E-state index in [2.05, 4.69) is 87.6 Å². The van der Waals surface area contributed by atoms with Crippen LogP contribution in [0.25, 0.3) is 0 Å². The molecule has 0 aliphatic rings. The second-order valence-corrected chi connectivity index (χ2v) is 14.7. The predicted octanol–water partition coefficient (Wildman–Crippen LogP) is 14.8. The van der Waals surface area contributed by atoms with Gasteiger partial charge in [-0.25, -0.2) is 0 Å². The van der Waals surface area contributed by atoms with Gasteiger partial charge >= 0.3 is 17.9 Å². The van der Waals surface area contributed by atoms with Gasteiger partial charge in [0.05, 0.1) is 0 Å². The topological polar surface area (TPSA) is 78.9 Å². The van der Waals surface area contributed by atoms with Crippen LogP contribution in [-0.4, -0.2) is 37.2 Å². The Morgan fingerprint density at radius 2 is 0.707 bits per heavy atom. The van der Waals surface area contributed by atoms with Crippen LogP contribution in [0.3, 0.4) is 0 Å². The molecule has 0 saturated carbocycles. The van der Waals surface area contributed by atoms with E-state index in [4.69, 9.17) is 14.2 Å². The van der Waals surface area contributed by atoms with E-state index < -0.39 is 6.10 Å². The fraction of sp³-hybridized carbons (Fsp3) is 0.596. The first-order chi connectivity index (χ1) is 28.5. The minimum atomic E-state index is -0.810. The minimum Gasteiger partial charge on any atom is -0.462 e. The highest BCUT2D eigenvalue weighted by molar-refractivity contribution is 5.71. The van der Waals surface area contributed by atoms with Gasteiger partial charge in [-0.2, -0.15) is 0 Å². The lowest BCUT2D eigenvalue weighted by molar-refractivity contribution is -0.167. The molecule has 0 aromatic heterocycles. The summed E-state index contributed by atoms with van der Waals surface area (Å²) in [7, 11) is 0. The van der Waals surface area contributed by atoms with Crippen molar-refractivity contribution in [3.05, 3.63) is 109 Å². The molecular formula is C52H82O6. The van der Waals surface area contributed by atoms with Crippen molar-refractivity contribution in [1.29, 1.82) is 0 Å². The standard InChI is InChI=1S/C52H82O6/c1-4-7-10-13-16-19-22-25-28-30-33-36-39-42-45-51(54)57-48-49(58-52(55)46-43-40-37-34-31-27-24-21-18-15-12-9-6-3)47-56-50(53)44-41-38-35-32-29-26-23-20-17-14-11-8-5-2/h7-12,14-21,23-24,27,31,49H,4-6,13,22,25-26,28-30,32-48H2,1-3H3/b10-7-,11-8-,12-9-,17-14-,18-15-,19-16-,23-20-,24-21-,31-27-. The van der Waals surface area contributed by atoms with Crippen molar-refractivity contribution < 1.29 is 28.6 Å². The Morgan fingerprint density at radius 1 is 0.362 bits per heavy atom. The van der Waals surface area contributed by atoms with E-state index in [0.29, 0.717) is 19.3 Å². The van der Waals surface area contributed by atoms with Gasteiger partial charge in [-0.05, 0) is 83.5 Å². The van der Waals surface area contributed by atoms with Crippen molar-refractivity contribution in [2.75, 3.05) is 13.2 Å². The molecule has 0 aromatic rings. The third-order valence-electron chi connectivity index (χ3n) is 9.16. The summed E-state index contributed by atoms with van der Waals surface area (Å²) >= 11 is 0. The smallest absolute Gasteiger partial charge is 0.306 e. The lowest BCUT2D eigenvalue weighted by Crippen LogP contribution is -2.30. The molecule has 0 saturated heterocycles. The SMILES string of the molecule is CC\C=C/C=C\C=C/C=C\CCCCCC(=O)OC(COC(=O)CCCCCCC\C=C/C=C\C=C/CC)COC(=O)CCCCCCCCC/C=C\C/C=C\CC. The molecule has 0 aliphatic heterocycles. The second kappa shape index (κ2) is 45.8. The summed E-state index contributed by atoms with van der Waals surface area (Å²) < 4.78 is 16.7. The number of esters is 3. The zero-order chi connectivity index (χ0) is 42.3. The van der Waals surface area contributed by atoms with Gasteiger partial charge in [0.1, 0.15) is 13.2 Å². The summed E-state index contributed by atoms with van der Waals surface area (Å²) in [6, 6.07) is 0. The van der Waals surface area contributed by atoms with E-state index in [1.807, 2.05) is 42.5 Å². The zero-order valence-corrected chi connectivity index (χ0v) is 37.0. The summed E-state index contributed by atoms with van der Waals surface area (Å²) in [6.07, 6.45) is 60.7. The lowest BCUT2D eigenvalue weighted by Gasteiger charge is -2.18. The van der Waals surface area contributed by atoms with Crippen molar-refractivity contribution in [2.24, 2.45) is 0 Å². The third-order valence-corrected chi connectivity index (χ3v) is 9.16. The molecule has 1 unspecified atom stereocenters. The maximum absolute atomic E-state index is 12.7. The molecule has 0 heterocycles. The molecule has 0 rings (SSSR count). The fourth-order valence-corrected chi connectivity index (χ4v) is 5.78. The summed E-state index contributed by atoms with van der Waals surface area (Å²) in [5.74, 6) is -0.988. The molecule has 326 valence electrons. The van der Waals surface area contributed by atoms with E-state index in [9.17, 15) is 14.4 Å². The Kier molecular flexibility index (Phi) is 42.7. The summed E-state index contributed by atoms with van der Waals surface area (Å²) in [6.45, 7) is 6.17. The van der Waals surface area contributed by atoms with Gasteiger partial charge in [-0.3, -0.25) is 14.4 Å². The van der Waals surface area contributed by atoms with Gasteiger partial charge in [0.25, 0.3) is 0 Å². The average molecular weight is 803 g/mol. The number of allylic oxidation sites excluding steroid dienone is 18. The van der Waals surface area contributed by atoms with Crippen LogP contribution in [0.4, 0.5) is 0 Å². The van der Waals surface area contributed by atoms with Gasteiger partial charge in [0.2, 0.25) is 0 Å². The molecule has 0 radical (unpaired) electrons. The maximum atomic E-state index is 12.7. The van der Waals surface area contributed by atoms with Crippen LogP contribution < -0.4 is 0 Å². The molecule has 0 aromatic carbocycles. The second-order valence-electron chi connectivity index (χ2n) is 14.7. The largest absolute Gasteiger partial charge is 0.462 e. The number of ether oxygens (including phenoxy) is 3. The normalized spacial score (nSPS) is 13.1. The third kappa shape index (κ3) is 43.2. The van der Waals surface area contributed by atoms with Crippen LogP contribution in [0.15, 0.2) is 109 Å². The fourth-order valence-electron chi connectivity index (χ4n) is 5.78. The van der Waals surface area contributed by atoms with Crippen LogP contribution in [0.2, 0.25) is 0 Å². The van der Waals surface area contributed by atoms with Crippen molar-refractivity contribution >= 4 is 17.9 Å². The highest BCUT2D eigenvalue weighted by Gasteiger charge is 2.19. The van der Waals surface area contributed by atoms with Crippen molar-refractivity contribution in [1.82, 2.24) is 0 Å². The van der Waals surface area contributed by atoms with Crippen molar-refractivity contribution in [3.8, 4) is 0 Å². The van der Waals surface area contributed by atoms with Crippen molar-refractivity contribution in [2.45, 2.75) is 187 Å². The number of hydrogen-bond acceptors (Lipinski definition) is 6. The monoisotopic (exact) mass is 803 g/mol. The summed E-state index contributed by atoms with van der Waals surface area (Å²) in [5, 5.41) is 0. The summed E-state index contributed by atoms with van der Waals surface area (Å²) in [4.78, 5) is 37.8. The quantitative estimate of drug-likeness (QED) is 0.0202. The molecule has 6 nitrogen and oxygen atoms in total. The van der Waals surface area contributed by atoms with E-state index in [0.717, 1.165) is 109 Å². The van der Waals surface area contributed by atoms with Crippen LogP contribution in [0.5, 0.6) is 0 Å². The van der Waals surface area contributed by atoms with Crippen LogP contribution in [0, 0.1) is 0 Å². The first-order valence-electron chi connectivity index (χ1n) is 23.0. The zero-order valence-electron chi connectivity index (χ0n) is 37.0. The van der Waals surface area contributed by atoms with Gasteiger partial charge in [0, 0.05) is 19.3 Å². The van der Waals surface area contributed by atoms with E-state index >= 15 is 0 Å². The Bertz CT molecular complexity index is 1240. The molecule has 0 spiro atoms. The van der Waals surface area contributed by atoms with Crippen LogP contribution in [-0.2, 0) is 28.6 Å². The van der Waals surface area contributed by atoms with Gasteiger partial charge < -0.3 is 14.2 Å². The van der Waals surface area contributed by atoms with E-state index in [-0.39, 0.29) is 37.5 Å². The van der Waals surface area contributed by atoms with Crippen LogP contribution >= 0.6 is 0 Å². The van der Waals surface area contributed by atoms with Gasteiger partial charge in [0.15, 0.2) is 6.10 Å². The molecule has 1 atom stereocenters. The molecule has 0 bridgehead atoms. The van der Waals surface area contributed by atoms with E-state index in [1.165, 1.54) is 25.7 Å². The molecule has 0 N–H and O–H groups in total. The first-order valence-corrected chi connectivity index (χ1v) is 23.0. The Morgan fingerprint density at radius 3 is 1.17 bits per heavy atom. The summed E-state index contributed by atoms with van der Waals surface area (Å²) in [5.41, 5.74) is 0. The Labute approximate surface area is 355 Å². The highest BCUT2D eigenvalue weighted by atomic mass is 16.6. The minimum absolute atomic E-state index is 0.108. The molecule has 0 aliphatic carbocycles. The maximum Gasteiger partial charge on any atom is 0.306 e. The number of rotatable bonds is 39. The number of carbonyl (C=O) groups excluding carboxylic acids is 3. The predicted molar refractivity (Wildman–Crippen MR) is 247 cm³/mol. The molecule has 0 fully saturated rings. The van der Waals surface area contributed by atoms with Crippen molar-refractivity contribution in [3.63, 3.8) is 0 Å². The van der Waals surface area contributed by atoms with Crippen LogP contribution in [0.1, 0.15) is 181 Å². The molecule has 0 amide bonds. The molecule has 6 heteroatoms. The highest BCUT2D eigenvalue weighted by Crippen LogP contribution is 2.13. The molecule has 58 heavy (non-hydrogen) atoms. The number of hydrogen-bond donors (Lipinski definition) is 0. The number of unbranched alkanes of at least 4 members (excludes halogenated alkanes) is 15. The Hall–Kier alpha value is -3.93. The molecular weight excluding hydrogens is 721 g/mol. The van der Waals surface area contributed by atoms with E-state index in [1.54, 1.807) is 0 Å². The lowest BCUT2D eigenvalue weighted by atomic mass is 10.1. The number of carbonyl (C=O) groups is 3. The first kappa shape index (κ1) is 54.1. The van der Waals surface area contributed by atoms with Gasteiger partial charge in [-0.1, -0.05) is 188 Å². The van der Waals surface area contributed by atoms with Gasteiger partial charge in [-0.15, -0.1) is 0 Å². The Balaban J connectivity index is 4.51. The average Bonchev–Trinajstić information content (AvgIpc) is 3.22.